The summed E-state index contributed by atoms with van der Waals surface area (Å²) in [5.74, 6) is -0.260. The standard InChI is InChI=1S/C15H15ClN2O2/c1-2-18(11-5-3-10(17)4-6-11)15(20)13-9-12(19)7-8-14(13)16/h3-9,19H,2,17H2,1H3. The third-order valence-corrected chi connectivity index (χ3v) is 3.28. The number of benzene rings is 2. The van der Waals surface area contributed by atoms with Gasteiger partial charge in [-0.15, -0.1) is 0 Å². The second kappa shape index (κ2) is 5.84. The summed E-state index contributed by atoms with van der Waals surface area (Å²) in [5, 5.41) is 9.81. The minimum Gasteiger partial charge on any atom is -0.508 e. The van der Waals surface area contributed by atoms with E-state index in [1.807, 2.05) is 6.92 Å². The molecule has 0 unspecified atom stereocenters. The van der Waals surface area contributed by atoms with Crippen LogP contribution in [0.5, 0.6) is 5.75 Å². The highest BCUT2D eigenvalue weighted by Gasteiger charge is 2.19. The lowest BCUT2D eigenvalue weighted by molar-refractivity contribution is 0.0988. The maximum atomic E-state index is 12.5. The number of nitrogen functional groups attached to an aromatic ring is 1. The fourth-order valence-corrected chi connectivity index (χ4v) is 2.12. The first-order chi connectivity index (χ1) is 9.52. The average Bonchev–Trinajstić information content (AvgIpc) is 2.44. The largest absolute Gasteiger partial charge is 0.508 e. The first-order valence-corrected chi connectivity index (χ1v) is 6.56. The lowest BCUT2D eigenvalue weighted by Gasteiger charge is -2.21. The molecular weight excluding hydrogens is 276 g/mol. The number of carbonyl (C=O) groups excluding carboxylic acids is 1. The quantitative estimate of drug-likeness (QED) is 0.852. The van der Waals surface area contributed by atoms with Gasteiger partial charge in [0.25, 0.3) is 5.91 Å². The van der Waals surface area contributed by atoms with Crippen molar-refractivity contribution in [3.05, 3.63) is 53.1 Å². The van der Waals surface area contributed by atoms with Crippen LogP contribution in [0, 0.1) is 0 Å². The molecule has 3 N–H and O–H groups in total. The number of rotatable bonds is 3. The predicted octanol–water partition coefficient (Wildman–Crippen LogP) is 3.29. The van der Waals surface area contributed by atoms with Crippen LogP contribution in [0.4, 0.5) is 11.4 Å². The number of hydrogen-bond acceptors (Lipinski definition) is 3. The fraction of sp³-hybridized carbons (Fsp3) is 0.133. The molecule has 0 fully saturated rings. The average molecular weight is 291 g/mol. The Morgan fingerprint density at radius 1 is 1.25 bits per heavy atom. The van der Waals surface area contributed by atoms with Gasteiger partial charge in [-0.3, -0.25) is 4.79 Å². The van der Waals surface area contributed by atoms with Crippen LogP contribution < -0.4 is 10.6 Å². The van der Waals surface area contributed by atoms with E-state index in [2.05, 4.69) is 0 Å². The number of phenolic OH excluding ortho intramolecular Hbond substituents is 1. The van der Waals surface area contributed by atoms with Gasteiger partial charge in [-0.05, 0) is 49.4 Å². The molecule has 20 heavy (non-hydrogen) atoms. The summed E-state index contributed by atoms with van der Waals surface area (Å²) in [5.41, 5.74) is 7.27. The van der Waals surface area contributed by atoms with Crippen LogP contribution in [-0.2, 0) is 0 Å². The third kappa shape index (κ3) is 2.86. The van der Waals surface area contributed by atoms with Crippen molar-refractivity contribution in [1.82, 2.24) is 0 Å². The first kappa shape index (κ1) is 14.2. The fourth-order valence-electron chi connectivity index (χ4n) is 1.92. The molecular formula is C15H15ClN2O2. The second-order valence-corrected chi connectivity index (χ2v) is 4.71. The van der Waals surface area contributed by atoms with Crippen LogP contribution in [-0.4, -0.2) is 17.6 Å². The Morgan fingerprint density at radius 2 is 1.90 bits per heavy atom. The molecule has 0 atom stereocenters. The van der Waals surface area contributed by atoms with E-state index in [0.29, 0.717) is 17.3 Å². The van der Waals surface area contributed by atoms with Gasteiger partial charge >= 0.3 is 0 Å². The first-order valence-electron chi connectivity index (χ1n) is 6.19. The van der Waals surface area contributed by atoms with Crippen molar-refractivity contribution in [2.75, 3.05) is 17.2 Å². The number of anilines is 2. The lowest BCUT2D eigenvalue weighted by atomic mass is 10.1. The van der Waals surface area contributed by atoms with Gasteiger partial charge in [-0.2, -0.15) is 0 Å². The Kier molecular flexibility index (Phi) is 4.15. The Hall–Kier alpha value is -2.20. The molecule has 104 valence electrons. The summed E-state index contributed by atoms with van der Waals surface area (Å²) in [6.07, 6.45) is 0. The van der Waals surface area contributed by atoms with Crippen molar-refractivity contribution in [2.45, 2.75) is 6.92 Å². The molecule has 0 aliphatic rings. The molecule has 5 heteroatoms. The summed E-state index contributed by atoms with van der Waals surface area (Å²) in [6.45, 7) is 2.35. The number of hydrogen-bond donors (Lipinski definition) is 2. The van der Waals surface area contributed by atoms with Gasteiger partial charge in [-0.25, -0.2) is 0 Å². The molecule has 1 amide bonds. The zero-order valence-corrected chi connectivity index (χ0v) is 11.8. The summed E-state index contributed by atoms with van der Waals surface area (Å²) in [4.78, 5) is 14.1. The summed E-state index contributed by atoms with van der Waals surface area (Å²) >= 11 is 6.03. The van der Waals surface area contributed by atoms with E-state index in [1.165, 1.54) is 18.2 Å². The molecule has 0 heterocycles. The van der Waals surface area contributed by atoms with E-state index in [9.17, 15) is 9.90 Å². The van der Waals surface area contributed by atoms with Crippen LogP contribution in [0.3, 0.4) is 0 Å². The van der Waals surface area contributed by atoms with E-state index in [1.54, 1.807) is 29.2 Å². The van der Waals surface area contributed by atoms with Crippen molar-refractivity contribution in [2.24, 2.45) is 0 Å². The highest BCUT2D eigenvalue weighted by atomic mass is 35.5. The highest BCUT2D eigenvalue weighted by molar-refractivity contribution is 6.34. The molecule has 0 saturated carbocycles. The van der Waals surface area contributed by atoms with Gasteiger partial charge in [0, 0.05) is 17.9 Å². The van der Waals surface area contributed by atoms with Crippen molar-refractivity contribution in [3.63, 3.8) is 0 Å². The van der Waals surface area contributed by atoms with Gasteiger partial charge in [0.05, 0.1) is 10.6 Å². The highest BCUT2D eigenvalue weighted by Crippen LogP contribution is 2.25. The third-order valence-electron chi connectivity index (χ3n) is 2.95. The Morgan fingerprint density at radius 3 is 2.50 bits per heavy atom. The van der Waals surface area contributed by atoms with Crippen LogP contribution >= 0.6 is 11.6 Å². The Labute approximate surface area is 122 Å². The van der Waals surface area contributed by atoms with Crippen LogP contribution in [0.1, 0.15) is 17.3 Å². The minimum atomic E-state index is -0.266. The number of amides is 1. The minimum absolute atomic E-state index is 0.00566. The molecule has 2 aromatic rings. The van der Waals surface area contributed by atoms with E-state index >= 15 is 0 Å². The van der Waals surface area contributed by atoms with Crippen molar-refractivity contribution < 1.29 is 9.90 Å². The van der Waals surface area contributed by atoms with Crippen LogP contribution in [0.15, 0.2) is 42.5 Å². The maximum absolute atomic E-state index is 12.5. The molecule has 0 aliphatic heterocycles. The second-order valence-electron chi connectivity index (χ2n) is 4.31. The molecule has 0 radical (unpaired) electrons. The van der Waals surface area contributed by atoms with Crippen LogP contribution in [0.2, 0.25) is 5.02 Å². The normalized spacial score (nSPS) is 10.3. The number of aromatic hydroxyl groups is 1. The Balaban J connectivity index is 2.38. The SMILES string of the molecule is CCN(C(=O)c1cc(O)ccc1Cl)c1ccc(N)cc1. The monoisotopic (exact) mass is 290 g/mol. The van der Waals surface area contributed by atoms with E-state index < -0.39 is 0 Å². The molecule has 0 aliphatic carbocycles. The van der Waals surface area contributed by atoms with E-state index in [-0.39, 0.29) is 17.2 Å². The van der Waals surface area contributed by atoms with E-state index in [4.69, 9.17) is 17.3 Å². The number of phenols is 1. The molecule has 4 nitrogen and oxygen atoms in total. The zero-order chi connectivity index (χ0) is 14.7. The van der Waals surface area contributed by atoms with Gasteiger partial charge < -0.3 is 15.7 Å². The van der Waals surface area contributed by atoms with Gasteiger partial charge in [-0.1, -0.05) is 11.6 Å². The number of carbonyl (C=O) groups is 1. The van der Waals surface area contributed by atoms with Gasteiger partial charge in [0.15, 0.2) is 0 Å². The van der Waals surface area contributed by atoms with Crippen LogP contribution in [0.25, 0.3) is 0 Å². The van der Waals surface area contributed by atoms with E-state index in [0.717, 1.165) is 5.69 Å². The maximum Gasteiger partial charge on any atom is 0.259 e. The zero-order valence-electron chi connectivity index (χ0n) is 11.0. The molecule has 2 aromatic carbocycles. The predicted molar refractivity (Wildman–Crippen MR) is 81.3 cm³/mol. The van der Waals surface area contributed by atoms with Crippen molar-refractivity contribution >= 4 is 28.9 Å². The lowest BCUT2D eigenvalue weighted by Crippen LogP contribution is -2.30. The van der Waals surface area contributed by atoms with Gasteiger partial charge in [0.2, 0.25) is 0 Å². The molecule has 0 spiro atoms. The van der Waals surface area contributed by atoms with Crippen molar-refractivity contribution in [1.29, 1.82) is 0 Å². The number of nitrogens with two attached hydrogens (primary N) is 1. The molecule has 0 bridgehead atoms. The topological polar surface area (TPSA) is 66.6 Å². The number of halogens is 1. The smallest absolute Gasteiger partial charge is 0.259 e. The molecule has 0 aromatic heterocycles. The summed E-state index contributed by atoms with van der Waals surface area (Å²) in [7, 11) is 0. The number of nitrogens with zero attached hydrogens (tertiary/aromatic N) is 1. The molecule has 2 rings (SSSR count). The molecule has 0 saturated heterocycles. The van der Waals surface area contributed by atoms with Crippen molar-refractivity contribution in [3.8, 4) is 5.75 Å². The van der Waals surface area contributed by atoms with Gasteiger partial charge in [0.1, 0.15) is 5.75 Å². The Bertz CT molecular complexity index is 626. The summed E-state index contributed by atoms with van der Waals surface area (Å²) < 4.78 is 0. The summed E-state index contributed by atoms with van der Waals surface area (Å²) in [6, 6.07) is 11.3.